The molecule has 190 valence electrons. The quantitative estimate of drug-likeness (QED) is 0.133. The van der Waals surface area contributed by atoms with Gasteiger partial charge in [-0.05, 0) is 60.3 Å². The molecule has 0 heterocycles. The van der Waals surface area contributed by atoms with E-state index in [2.05, 4.69) is 103 Å². The molecule has 0 amide bonds. The molecule has 0 aliphatic carbocycles. The van der Waals surface area contributed by atoms with Crippen LogP contribution < -0.4 is 0 Å². The number of methoxy groups -OCH3 is 1. The van der Waals surface area contributed by atoms with Gasteiger partial charge in [0.2, 0.25) is 0 Å². The van der Waals surface area contributed by atoms with Gasteiger partial charge in [0.1, 0.15) is 0 Å². The molecule has 0 saturated carbocycles. The van der Waals surface area contributed by atoms with Gasteiger partial charge in [-0.1, -0.05) is 140 Å². The molecule has 2 nitrogen and oxygen atoms in total. The van der Waals surface area contributed by atoms with Gasteiger partial charge in [-0.25, -0.2) is 4.79 Å². The molecule has 0 radical (unpaired) electrons. The Bertz CT molecular complexity index is 2030. The minimum atomic E-state index is -0.340. The third-order valence-corrected chi connectivity index (χ3v) is 7.76. The molecule has 7 aromatic rings. The Kier molecular flexibility index (Phi) is 5.87. The van der Waals surface area contributed by atoms with E-state index in [0.717, 1.165) is 65.7 Å². The third kappa shape index (κ3) is 3.69. The Labute approximate surface area is 233 Å². The number of esters is 1. The molecule has 7 rings (SSSR count). The van der Waals surface area contributed by atoms with Crippen molar-refractivity contribution in [3.63, 3.8) is 0 Å². The number of fused-ring (bicyclic) bond motifs is 4. The molecule has 0 spiro atoms. The zero-order chi connectivity index (χ0) is 27.1. The summed E-state index contributed by atoms with van der Waals surface area (Å²) in [5.41, 5.74) is 7.11. The van der Waals surface area contributed by atoms with E-state index in [1.165, 1.54) is 7.11 Å². The Morgan fingerprint density at radius 1 is 0.425 bits per heavy atom. The van der Waals surface area contributed by atoms with Crippen molar-refractivity contribution in [2.24, 2.45) is 0 Å². The standard InChI is InChI=1S/C38H26O2/c1-40-38(39)36-31-24-14-12-22-29(31)33(26-17-7-3-8-18-26)35-30-23-13-11-21-28(30)32(25-15-5-2-6-16-25)34(37(35)36)27-19-9-4-10-20-27/h2-24H,1H3. The molecule has 0 aliphatic heterocycles. The van der Waals surface area contributed by atoms with Gasteiger partial charge in [-0.2, -0.15) is 0 Å². The summed E-state index contributed by atoms with van der Waals surface area (Å²) in [7, 11) is 1.47. The van der Waals surface area contributed by atoms with Gasteiger partial charge >= 0.3 is 5.97 Å². The maximum Gasteiger partial charge on any atom is 0.339 e. The highest BCUT2D eigenvalue weighted by Crippen LogP contribution is 2.51. The highest BCUT2D eigenvalue weighted by molar-refractivity contribution is 6.34. The number of benzene rings is 7. The molecule has 0 saturated heterocycles. The zero-order valence-corrected chi connectivity index (χ0v) is 22.1. The number of hydrogen-bond donors (Lipinski definition) is 0. The molecule has 0 N–H and O–H groups in total. The second kappa shape index (κ2) is 9.83. The van der Waals surface area contributed by atoms with Crippen molar-refractivity contribution in [1.29, 1.82) is 0 Å². The fourth-order valence-corrected chi connectivity index (χ4v) is 6.15. The van der Waals surface area contributed by atoms with Gasteiger partial charge in [0.15, 0.2) is 0 Å². The van der Waals surface area contributed by atoms with E-state index >= 15 is 0 Å². The fraction of sp³-hybridized carbons (Fsp3) is 0.0263. The van der Waals surface area contributed by atoms with E-state index in [4.69, 9.17) is 4.74 Å². The average Bonchev–Trinajstić information content (AvgIpc) is 3.03. The van der Waals surface area contributed by atoms with E-state index < -0.39 is 0 Å². The Morgan fingerprint density at radius 2 is 0.825 bits per heavy atom. The minimum absolute atomic E-state index is 0.340. The number of hydrogen-bond acceptors (Lipinski definition) is 2. The highest BCUT2D eigenvalue weighted by Gasteiger charge is 2.27. The summed E-state index contributed by atoms with van der Waals surface area (Å²) in [6, 6.07) is 48.1. The lowest BCUT2D eigenvalue weighted by molar-refractivity contribution is 0.0605. The summed E-state index contributed by atoms with van der Waals surface area (Å²) in [6.07, 6.45) is 0. The minimum Gasteiger partial charge on any atom is -0.465 e. The smallest absolute Gasteiger partial charge is 0.339 e. The molecule has 0 unspecified atom stereocenters. The Balaban J connectivity index is 1.88. The first-order chi connectivity index (χ1) is 19.8. The van der Waals surface area contributed by atoms with Gasteiger partial charge in [-0.15, -0.1) is 0 Å². The van der Waals surface area contributed by atoms with Gasteiger partial charge < -0.3 is 4.74 Å². The molecule has 0 aliphatic rings. The molecule has 0 atom stereocenters. The fourth-order valence-electron chi connectivity index (χ4n) is 6.15. The lowest BCUT2D eigenvalue weighted by Gasteiger charge is -2.24. The van der Waals surface area contributed by atoms with E-state index in [1.54, 1.807) is 0 Å². The van der Waals surface area contributed by atoms with Crippen LogP contribution in [0, 0.1) is 0 Å². The van der Waals surface area contributed by atoms with Gasteiger partial charge in [0.25, 0.3) is 0 Å². The SMILES string of the molecule is COC(=O)c1c2ccccc2c(-c2ccccc2)c2c1c(-c1ccccc1)c(-c1ccccc1)c1ccccc12. The van der Waals surface area contributed by atoms with Crippen LogP contribution in [0.3, 0.4) is 0 Å². The van der Waals surface area contributed by atoms with Crippen LogP contribution in [0.1, 0.15) is 10.4 Å². The first-order valence-corrected chi connectivity index (χ1v) is 13.5. The van der Waals surface area contributed by atoms with Gasteiger partial charge in [-0.3, -0.25) is 0 Å². The molecule has 0 fully saturated rings. The van der Waals surface area contributed by atoms with Crippen LogP contribution in [0.2, 0.25) is 0 Å². The van der Waals surface area contributed by atoms with E-state index in [9.17, 15) is 4.79 Å². The monoisotopic (exact) mass is 514 g/mol. The highest BCUT2D eigenvalue weighted by atomic mass is 16.5. The Hall–Kier alpha value is -5.21. The molecule has 2 heteroatoms. The van der Waals surface area contributed by atoms with Gasteiger partial charge in [0, 0.05) is 5.39 Å². The number of carbonyl (C=O) groups is 1. The van der Waals surface area contributed by atoms with Crippen molar-refractivity contribution in [3.05, 3.63) is 145 Å². The summed E-state index contributed by atoms with van der Waals surface area (Å²) in [5.74, 6) is -0.340. The molecule has 0 bridgehead atoms. The molecule has 7 aromatic carbocycles. The molecular weight excluding hydrogens is 488 g/mol. The molecular formula is C38H26O2. The van der Waals surface area contributed by atoms with Crippen LogP contribution in [0.4, 0.5) is 0 Å². The van der Waals surface area contributed by atoms with Gasteiger partial charge in [0.05, 0.1) is 12.7 Å². The summed E-state index contributed by atoms with van der Waals surface area (Å²) in [6.45, 7) is 0. The maximum absolute atomic E-state index is 13.8. The summed E-state index contributed by atoms with van der Waals surface area (Å²) >= 11 is 0. The van der Waals surface area contributed by atoms with E-state index in [0.29, 0.717) is 5.56 Å². The van der Waals surface area contributed by atoms with Crippen molar-refractivity contribution >= 4 is 38.3 Å². The summed E-state index contributed by atoms with van der Waals surface area (Å²) in [4.78, 5) is 13.8. The topological polar surface area (TPSA) is 26.3 Å². The van der Waals surface area contributed by atoms with E-state index in [1.807, 2.05) is 36.4 Å². The average molecular weight is 515 g/mol. The normalized spacial score (nSPS) is 11.2. The van der Waals surface area contributed by atoms with Crippen molar-refractivity contribution in [2.45, 2.75) is 0 Å². The third-order valence-electron chi connectivity index (χ3n) is 7.76. The first-order valence-electron chi connectivity index (χ1n) is 13.5. The van der Waals surface area contributed by atoms with Crippen LogP contribution in [-0.2, 0) is 4.74 Å². The maximum atomic E-state index is 13.8. The number of ether oxygens (including phenoxy) is 1. The lowest BCUT2D eigenvalue weighted by Crippen LogP contribution is -2.06. The van der Waals surface area contributed by atoms with Crippen LogP contribution in [0.5, 0.6) is 0 Å². The Morgan fingerprint density at radius 3 is 1.35 bits per heavy atom. The summed E-state index contributed by atoms with van der Waals surface area (Å²) in [5, 5.41) is 6.12. The largest absolute Gasteiger partial charge is 0.465 e. The zero-order valence-electron chi connectivity index (χ0n) is 22.1. The molecule has 0 aromatic heterocycles. The van der Waals surface area contributed by atoms with E-state index in [-0.39, 0.29) is 5.97 Å². The number of rotatable bonds is 4. The predicted molar refractivity (Wildman–Crippen MR) is 167 cm³/mol. The van der Waals surface area contributed by atoms with Crippen molar-refractivity contribution in [3.8, 4) is 33.4 Å². The van der Waals surface area contributed by atoms with Crippen LogP contribution in [0.15, 0.2) is 140 Å². The molecule has 40 heavy (non-hydrogen) atoms. The number of carbonyl (C=O) groups excluding carboxylic acids is 1. The second-order valence-corrected chi connectivity index (χ2v) is 9.93. The van der Waals surface area contributed by atoms with Crippen molar-refractivity contribution < 1.29 is 9.53 Å². The van der Waals surface area contributed by atoms with Crippen molar-refractivity contribution in [1.82, 2.24) is 0 Å². The summed E-state index contributed by atoms with van der Waals surface area (Å²) < 4.78 is 5.51. The predicted octanol–water partition coefficient (Wildman–Crippen LogP) is 9.93. The second-order valence-electron chi connectivity index (χ2n) is 9.93. The lowest BCUT2D eigenvalue weighted by atomic mass is 9.79. The van der Waals surface area contributed by atoms with Crippen molar-refractivity contribution in [2.75, 3.05) is 7.11 Å². The first kappa shape index (κ1) is 23.9. The van der Waals surface area contributed by atoms with Crippen LogP contribution in [0.25, 0.3) is 65.7 Å². The van der Waals surface area contributed by atoms with Crippen LogP contribution in [-0.4, -0.2) is 13.1 Å². The van der Waals surface area contributed by atoms with Crippen LogP contribution >= 0.6 is 0 Å².